The highest BCUT2D eigenvalue weighted by atomic mass is 79.9. The molecule has 0 aliphatic carbocycles. The number of carbonyl (C=O) groups is 1. The van der Waals surface area contributed by atoms with Crippen molar-refractivity contribution in [3.63, 3.8) is 0 Å². The second-order valence-electron chi connectivity index (χ2n) is 7.81. The van der Waals surface area contributed by atoms with Gasteiger partial charge in [0.15, 0.2) is 5.65 Å². The number of nitrogens with zero attached hydrogens (tertiary/aromatic N) is 4. The van der Waals surface area contributed by atoms with Crippen molar-refractivity contribution in [2.24, 2.45) is 4.99 Å². The molecule has 30 heavy (non-hydrogen) atoms. The van der Waals surface area contributed by atoms with Gasteiger partial charge in [0, 0.05) is 33.2 Å². The van der Waals surface area contributed by atoms with E-state index < -0.39 is 0 Å². The summed E-state index contributed by atoms with van der Waals surface area (Å²) in [5.41, 5.74) is 5.49. The SMILES string of the molecule is CCOC(=O)c1ccc2c(c1)C(C)(C)C(c1cnc3c4ccc(Br)cc4nn3c1)=N2. The third-order valence-corrected chi connectivity index (χ3v) is 5.99. The van der Waals surface area contributed by atoms with Gasteiger partial charge >= 0.3 is 5.97 Å². The van der Waals surface area contributed by atoms with E-state index in [1.807, 2.05) is 42.7 Å². The fraction of sp³-hybridized carbons (Fsp3) is 0.217. The highest BCUT2D eigenvalue weighted by molar-refractivity contribution is 9.10. The van der Waals surface area contributed by atoms with Gasteiger partial charge in [-0.25, -0.2) is 14.3 Å². The van der Waals surface area contributed by atoms with Gasteiger partial charge in [0.05, 0.1) is 29.1 Å². The maximum absolute atomic E-state index is 12.2. The van der Waals surface area contributed by atoms with Crippen molar-refractivity contribution in [1.82, 2.24) is 14.6 Å². The lowest BCUT2D eigenvalue weighted by molar-refractivity contribution is 0.0526. The number of aromatic nitrogens is 3. The standard InChI is InChI=1S/C23H19BrN4O2/c1-4-30-22(29)13-5-8-18-17(9-13)23(2,3)20(26-18)14-11-25-21-16-7-6-15(24)10-19(16)27-28(21)12-14/h5-12H,4H2,1-3H3. The first-order valence-electron chi connectivity index (χ1n) is 9.73. The van der Waals surface area contributed by atoms with E-state index in [-0.39, 0.29) is 11.4 Å². The molecule has 4 aromatic rings. The molecule has 6 nitrogen and oxygen atoms in total. The third-order valence-electron chi connectivity index (χ3n) is 5.50. The predicted octanol–water partition coefficient (Wildman–Crippen LogP) is 5.23. The van der Waals surface area contributed by atoms with Crippen LogP contribution >= 0.6 is 15.9 Å². The summed E-state index contributed by atoms with van der Waals surface area (Å²) in [5, 5.41) is 5.67. The van der Waals surface area contributed by atoms with Gasteiger partial charge in [-0.2, -0.15) is 5.10 Å². The van der Waals surface area contributed by atoms with Gasteiger partial charge in [-0.05, 0) is 48.9 Å². The summed E-state index contributed by atoms with van der Waals surface area (Å²) in [5.74, 6) is -0.318. The number of ether oxygens (including phenoxy) is 1. The van der Waals surface area contributed by atoms with Crippen molar-refractivity contribution in [3.05, 3.63) is 70.0 Å². The lowest BCUT2D eigenvalue weighted by Crippen LogP contribution is -2.27. The number of carbonyl (C=O) groups excluding carboxylic acids is 1. The zero-order chi connectivity index (χ0) is 21.0. The Bertz CT molecular complexity index is 1370. The van der Waals surface area contributed by atoms with Crippen LogP contribution in [0.3, 0.4) is 0 Å². The summed E-state index contributed by atoms with van der Waals surface area (Å²) in [7, 11) is 0. The molecule has 0 N–H and O–H groups in total. The summed E-state index contributed by atoms with van der Waals surface area (Å²) in [6, 6.07) is 11.5. The number of benzene rings is 2. The van der Waals surface area contributed by atoms with E-state index in [4.69, 9.17) is 9.73 Å². The molecule has 0 amide bonds. The molecule has 0 radical (unpaired) electrons. The first-order valence-corrected chi connectivity index (χ1v) is 10.5. The molecule has 0 unspecified atom stereocenters. The highest BCUT2D eigenvalue weighted by Gasteiger charge is 2.37. The summed E-state index contributed by atoms with van der Waals surface area (Å²) < 4.78 is 7.93. The second-order valence-corrected chi connectivity index (χ2v) is 8.73. The van der Waals surface area contributed by atoms with E-state index in [1.54, 1.807) is 17.5 Å². The number of halogens is 1. The van der Waals surface area contributed by atoms with Crippen LogP contribution in [0.1, 0.15) is 42.3 Å². The van der Waals surface area contributed by atoms with Gasteiger partial charge in [0.25, 0.3) is 0 Å². The highest BCUT2D eigenvalue weighted by Crippen LogP contribution is 2.42. The molecule has 0 bridgehead atoms. The number of rotatable bonds is 3. The van der Waals surface area contributed by atoms with Crippen molar-refractivity contribution in [2.75, 3.05) is 6.61 Å². The summed E-state index contributed by atoms with van der Waals surface area (Å²) in [6.07, 6.45) is 3.81. The molecule has 2 aromatic carbocycles. The Balaban J connectivity index is 1.59. The minimum atomic E-state index is -0.386. The van der Waals surface area contributed by atoms with E-state index in [0.717, 1.165) is 43.5 Å². The number of hydrogen-bond acceptors (Lipinski definition) is 5. The molecule has 150 valence electrons. The Morgan fingerprint density at radius 1 is 1.20 bits per heavy atom. The quantitative estimate of drug-likeness (QED) is 0.390. The molecule has 2 aromatic heterocycles. The van der Waals surface area contributed by atoms with E-state index in [9.17, 15) is 4.79 Å². The van der Waals surface area contributed by atoms with E-state index in [2.05, 4.69) is 39.9 Å². The van der Waals surface area contributed by atoms with Crippen LogP contribution in [0.2, 0.25) is 0 Å². The molecule has 5 rings (SSSR count). The molecular formula is C23H19BrN4O2. The van der Waals surface area contributed by atoms with Crippen molar-refractivity contribution in [3.8, 4) is 0 Å². The van der Waals surface area contributed by atoms with Crippen LogP contribution in [0, 0.1) is 0 Å². The summed E-state index contributed by atoms with van der Waals surface area (Å²) >= 11 is 3.49. The van der Waals surface area contributed by atoms with Crippen LogP contribution in [0.15, 0.2) is 58.3 Å². The van der Waals surface area contributed by atoms with Crippen LogP contribution in [-0.2, 0) is 10.2 Å². The van der Waals surface area contributed by atoms with Crippen LogP contribution < -0.4 is 0 Å². The van der Waals surface area contributed by atoms with Crippen LogP contribution in [-0.4, -0.2) is 32.9 Å². The number of aliphatic imine (C=N–C) groups is 1. The Hall–Kier alpha value is -3.06. The molecular weight excluding hydrogens is 444 g/mol. The van der Waals surface area contributed by atoms with Gasteiger partial charge in [-0.3, -0.25) is 4.99 Å². The maximum atomic E-state index is 12.2. The Morgan fingerprint density at radius 3 is 2.83 bits per heavy atom. The number of fused-ring (bicyclic) bond motifs is 4. The average Bonchev–Trinajstić information content (AvgIpc) is 3.20. The lowest BCUT2D eigenvalue weighted by Gasteiger charge is -2.22. The monoisotopic (exact) mass is 462 g/mol. The van der Waals surface area contributed by atoms with Crippen molar-refractivity contribution in [1.29, 1.82) is 0 Å². The molecule has 0 spiro atoms. The molecule has 0 saturated carbocycles. The third kappa shape index (κ3) is 2.84. The fourth-order valence-electron chi connectivity index (χ4n) is 3.99. The van der Waals surface area contributed by atoms with Crippen molar-refractivity contribution >= 4 is 49.8 Å². The molecule has 0 fully saturated rings. The van der Waals surface area contributed by atoms with Gasteiger partial charge in [-0.1, -0.05) is 29.8 Å². The minimum absolute atomic E-state index is 0.318. The van der Waals surface area contributed by atoms with Gasteiger partial charge in [-0.15, -0.1) is 0 Å². The van der Waals surface area contributed by atoms with Crippen molar-refractivity contribution in [2.45, 2.75) is 26.2 Å². The topological polar surface area (TPSA) is 68.8 Å². The average molecular weight is 463 g/mol. The Kier molecular flexibility index (Phi) is 4.25. The lowest BCUT2D eigenvalue weighted by atomic mass is 9.79. The first kappa shape index (κ1) is 18.9. The normalized spacial score (nSPS) is 14.7. The minimum Gasteiger partial charge on any atom is -0.462 e. The Morgan fingerprint density at radius 2 is 2.03 bits per heavy atom. The molecule has 3 heterocycles. The number of esters is 1. The predicted molar refractivity (Wildman–Crippen MR) is 120 cm³/mol. The van der Waals surface area contributed by atoms with Crippen LogP contribution in [0.5, 0.6) is 0 Å². The molecule has 7 heteroatoms. The molecule has 0 saturated heterocycles. The zero-order valence-electron chi connectivity index (χ0n) is 16.8. The van der Waals surface area contributed by atoms with Gasteiger partial charge < -0.3 is 4.74 Å². The van der Waals surface area contributed by atoms with E-state index in [0.29, 0.717) is 12.2 Å². The Labute approximate surface area is 181 Å². The molecule has 1 aliphatic rings. The fourth-order valence-corrected chi connectivity index (χ4v) is 4.34. The summed E-state index contributed by atoms with van der Waals surface area (Å²) in [6.45, 7) is 6.36. The number of hydrogen-bond donors (Lipinski definition) is 0. The smallest absolute Gasteiger partial charge is 0.338 e. The van der Waals surface area contributed by atoms with E-state index >= 15 is 0 Å². The second kappa shape index (κ2) is 6.74. The van der Waals surface area contributed by atoms with Crippen molar-refractivity contribution < 1.29 is 9.53 Å². The molecule has 1 aliphatic heterocycles. The zero-order valence-corrected chi connectivity index (χ0v) is 18.4. The van der Waals surface area contributed by atoms with Crippen LogP contribution in [0.4, 0.5) is 5.69 Å². The molecule has 0 atom stereocenters. The largest absolute Gasteiger partial charge is 0.462 e. The maximum Gasteiger partial charge on any atom is 0.338 e. The van der Waals surface area contributed by atoms with Gasteiger partial charge in [0.1, 0.15) is 0 Å². The van der Waals surface area contributed by atoms with E-state index in [1.165, 1.54) is 0 Å². The first-order chi connectivity index (χ1) is 14.4. The van der Waals surface area contributed by atoms with Crippen LogP contribution in [0.25, 0.3) is 16.6 Å². The van der Waals surface area contributed by atoms with Gasteiger partial charge in [0.2, 0.25) is 0 Å². The summed E-state index contributed by atoms with van der Waals surface area (Å²) in [4.78, 5) is 21.7.